The second kappa shape index (κ2) is 5.54. The molecule has 1 aliphatic heterocycles. The van der Waals surface area contributed by atoms with Crippen molar-refractivity contribution in [2.24, 2.45) is 0 Å². The first-order chi connectivity index (χ1) is 8.22. The molecule has 94 valence electrons. The summed E-state index contributed by atoms with van der Waals surface area (Å²) < 4.78 is 5.51. The van der Waals surface area contributed by atoms with Crippen LogP contribution in [0, 0.1) is 0 Å². The van der Waals surface area contributed by atoms with E-state index in [9.17, 15) is 0 Å². The Balaban J connectivity index is 2.30. The fraction of sp³-hybridized carbons (Fsp3) is 0.600. The summed E-state index contributed by atoms with van der Waals surface area (Å²) in [5.41, 5.74) is 2.79. The van der Waals surface area contributed by atoms with Crippen molar-refractivity contribution >= 4 is 0 Å². The van der Waals surface area contributed by atoms with E-state index in [0.29, 0.717) is 11.8 Å². The number of hydrogen-bond acceptors (Lipinski definition) is 2. The van der Waals surface area contributed by atoms with E-state index in [4.69, 9.17) is 4.74 Å². The lowest BCUT2D eigenvalue weighted by Gasteiger charge is -2.25. The van der Waals surface area contributed by atoms with E-state index in [1.54, 1.807) is 7.11 Å². The van der Waals surface area contributed by atoms with Crippen LogP contribution in [0.2, 0.25) is 0 Å². The second-order valence-corrected chi connectivity index (χ2v) is 5.20. The maximum Gasteiger partial charge on any atom is 0.122 e. The Morgan fingerprint density at radius 1 is 1.35 bits per heavy atom. The zero-order chi connectivity index (χ0) is 12.3. The van der Waals surface area contributed by atoms with Crippen molar-refractivity contribution in [1.82, 2.24) is 5.32 Å². The molecule has 1 aromatic rings. The molecule has 1 aliphatic rings. The number of nitrogens with one attached hydrogen (secondary N) is 1. The summed E-state index contributed by atoms with van der Waals surface area (Å²) in [7, 11) is 1.77. The number of benzene rings is 1. The predicted octanol–water partition coefficient (Wildman–Crippen LogP) is 3.29. The van der Waals surface area contributed by atoms with Crippen molar-refractivity contribution in [3.8, 4) is 5.75 Å². The molecule has 1 heterocycles. The van der Waals surface area contributed by atoms with Crippen molar-refractivity contribution in [1.29, 1.82) is 0 Å². The molecule has 17 heavy (non-hydrogen) atoms. The van der Waals surface area contributed by atoms with Gasteiger partial charge in [0.2, 0.25) is 0 Å². The van der Waals surface area contributed by atoms with Crippen LogP contribution in [0.15, 0.2) is 18.2 Å². The van der Waals surface area contributed by atoms with Crippen molar-refractivity contribution < 1.29 is 4.74 Å². The van der Waals surface area contributed by atoms with Gasteiger partial charge in [0.15, 0.2) is 0 Å². The van der Waals surface area contributed by atoms with Gasteiger partial charge >= 0.3 is 0 Å². The molecule has 0 amide bonds. The molecule has 1 aromatic carbocycles. The van der Waals surface area contributed by atoms with Gasteiger partial charge in [-0.3, -0.25) is 0 Å². The molecule has 1 N–H and O–H groups in total. The molecule has 0 spiro atoms. The standard InChI is InChI=1S/C15H23NO/c1-11(2)12-6-7-15(17-3)14(9-12)13-5-4-8-16-10-13/h6-7,9,11,13,16H,4-5,8,10H2,1-3H3. The number of methoxy groups -OCH3 is 1. The lowest BCUT2D eigenvalue weighted by Crippen LogP contribution is -2.28. The number of piperidine rings is 1. The Labute approximate surface area is 104 Å². The summed E-state index contributed by atoms with van der Waals surface area (Å²) in [6.45, 7) is 6.72. The van der Waals surface area contributed by atoms with Gasteiger partial charge in [-0.25, -0.2) is 0 Å². The molecule has 1 unspecified atom stereocenters. The summed E-state index contributed by atoms with van der Waals surface area (Å²) in [5, 5.41) is 3.48. The highest BCUT2D eigenvalue weighted by atomic mass is 16.5. The third-order valence-electron chi connectivity index (χ3n) is 3.66. The highest BCUT2D eigenvalue weighted by Crippen LogP contribution is 2.33. The fourth-order valence-electron chi connectivity index (χ4n) is 2.55. The molecule has 0 radical (unpaired) electrons. The van der Waals surface area contributed by atoms with Crippen LogP contribution in [0.25, 0.3) is 0 Å². The first-order valence-corrected chi connectivity index (χ1v) is 6.61. The third kappa shape index (κ3) is 2.81. The molecule has 2 rings (SSSR count). The van der Waals surface area contributed by atoms with E-state index in [-0.39, 0.29) is 0 Å². The molecular formula is C15H23NO. The number of rotatable bonds is 3. The molecule has 1 saturated heterocycles. The maximum atomic E-state index is 5.51. The lowest BCUT2D eigenvalue weighted by atomic mass is 9.88. The first kappa shape index (κ1) is 12.4. The SMILES string of the molecule is COc1ccc(C(C)C)cc1C1CCCNC1. The minimum atomic E-state index is 0.580. The van der Waals surface area contributed by atoms with Crippen LogP contribution in [0.4, 0.5) is 0 Å². The molecule has 1 fully saturated rings. The van der Waals surface area contributed by atoms with Gasteiger partial charge in [0.05, 0.1) is 7.11 Å². The average molecular weight is 233 g/mol. The Morgan fingerprint density at radius 3 is 2.76 bits per heavy atom. The van der Waals surface area contributed by atoms with E-state index in [1.807, 2.05) is 0 Å². The van der Waals surface area contributed by atoms with Crippen molar-refractivity contribution in [3.05, 3.63) is 29.3 Å². The smallest absolute Gasteiger partial charge is 0.122 e. The first-order valence-electron chi connectivity index (χ1n) is 6.61. The fourth-order valence-corrected chi connectivity index (χ4v) is 2.55. The molecule has 1 atom stereocenters. The number of hydrogen-bond donors (Lipinski definition) is 1. The monoisotopic (exact) mass is 233 g/mol. The van der Waals surface area contributed by atoms with Gasteiger partial charge in [0.25, 0.3) is 0 Å². The van der Waals surface area contributed by atoms with Gasteiger partial charge < -0.3 is 10.1 Å². The van der Waals surface area contributed by atoms with Gasteiger partial charge in [0.1, 0.15) is 5.75 Å². The summed E-state index contributed by atoms with van der Waals surface area (Å²) in [4.78, 5) is 0. The van der Waals surface area contributed by atoms with Gasteiger partial charge in [-0.1, -0.05) is 26.0 Å². The van der Waals surface area contributed by atoms with Crippen LogP contribution in [-0.2, 0) is 0 Å². The highest BCUT2D eigenvalue weighted by Gasteiger charge is 2.19. The molecule has 0 saturated carbocycles. The zero-order valence-electron chi connectivity index (χ0n) is 11.1. The Bertz CT molecular complexity index is 367. The molecular weight excluding hydrogens is 210 g/mol. The summed E-state index contributed by atoms with van der Waals surface area (Å²) >= 11 is 0. The topological polar surface area (TPSA) is 21.3 Å². The largest absolute Gasteiger partial charge is 0.496 e. The van der Waals surface area contributed by atoms with Gasteiger partial charge in [0, 0.05) is 12.5 Å². The maximum absolute atomic E-state index is 5.51. The molecule has 0 bridgehead atoms. The van der Waals surface area contributed by atoms with Crippen LogP contribution in [0.5, 0.6) is 5.75 Å². The van der Waals surface area contributed by atoms with Crippen LogP contribution in [0.1, 0.15) is 49.7 Å². The Morgan fingerprint density at radius 2 is 2.18 bits per heavy atom. The minimum absolute atomic E-state index is 0.580. The second-order valence-electron chi connectivity index (χ2n) is 5.20. The predicted molar refractivity (Wildman–Crippen MR) is 71.9 cm³/mol. The Kier molecular flexibility index (Phi) is 4.06. The van der Waals surface area contributed by atoms with Gasteiger partial charge in [-0.2, -0.15) is 0 Å². The lowest BCUT2D eigenvalue weighted by molar-refractivity contribution is 0.392. The van der Waals surface area contributed by atoms with Crippen molar-refractivity contribution in [2.45, 2.75) is 38.5 Å². The summed E-state index contributed by atoms with van der Waals surface area (Å²) in [6.07, 6.45) is 2.53. The number of ether oxygens (including phenoxy) is 1. The molecule has 0 aromatic heterocycles. The summed E-state index contributed by atoms with van der Waals surface area (Å²) in [5.74, 6) is 2.23. The van der Waals surface area contributed by atoms with E-state index >= 15 is 0 Å². The third-order valence-corrected chi connectivity index (χ3v) is 3.66. The van der Waals surface area contributed by atoms with E-state index < -0.39 is 0 Å². The van der Waals surface area contributed by atoms with Crippen LogP contribution >= 0.6 is 0 Å². The molecule has 2 nitrogen and oxygen atoms in total. The van der Waals surface area contributed by atoms with Crippen LogP contribution in [0.3, 0.4) is 0 Å². The van der Waals surface area contributed by atoms with Crippen LogP contribution < -0.4 is 10.1 Å². The quantitative estimate of drug-likeness (QED) is 0.865. The van der Waals surface area contributed by atoms with Gasteiger partial charge in [-0.05, 0) is 42.5 Å². The van der Waals surface area contributed by atoms with Crippen LogP contribution in [-0.4, -0.2) is 20.2 Å². The normalized spacial score (nSPS) is 20.6. The molecule has 0 aliphatic carbocycles. The van der Waals surface area contributed by atoms with E-state index in [1.165, 1.54) is 24.0 Å². The Hall–Kier alpha value is -1.02. The minimum Gasteiger partial charge on any atom is -0.496 e. The molecule has 2 heteroatoms. The summed E-state index contributed by atoms with van der Waals surface area (Å²) in [6, 6.07) is 6.64. The van der Waals surface area contributed by atoms with E-state index in [0.717, 1.165) is 18.8 Å². The van der Waals surface area contributed by atoms with Crippen molar-refractivity contribution in [2.75, 3.05) is 20.2 Å². The highest BCUT2D eigenvalue weighted by molar-refractivity contribution is 5.41. The van der Waals surface area contributed by atoms with E-state index in [2.05, 4.69) is 37.4 Å². The zero-order valence-corrected chi connectivity index (χ0v) is 11.1. The van der Waals surface area contributed by atoms with Gasteiger partial charge in [-0.15, -0.1) is 0 Å². The van der Waals surface area contributed by atoms with Crippen molar-refractivity contribution in [3.63, 3.8) is 0 Å². The average Bonchev–Trinajstić information content (AvgIpc) is 2.39.